The largest absolute Gasteiger partial charge is 0.454 e. The molecule has 0 aromatic heterocycles. The third kappa shape index (κ3) is 2.25. The number of nitrogens with one attached hydrogen (secondary N) is 1. The molecule has 1 unspecified atom stereocenters. The van der Waals surface area contributed by atoms with Crippen LogP contribution in [0, 0.1) is 0 Å². The Morgan fingerprint density at radius 2 is 2.25 bits per heavy atom. The number of fused-ring (bicyclic) bond motifs is 1. The van der Waals surface area contributed by atoms with E-state index in [9.17, 15) is 4.79 Å². The summed E-state index contributed by atoms with van der Waals surface area (Å²) in [5.74, 6) is 1.13. The fourth-order valence-corrected chi connectivity index (χ4v) is 1.55. The van der Waals surface area contributed by atoms with Crippen molar-refractivity contribution in [3.63, 3.8) is 0 Å². The Hall–Kier alpha value is -1.75. The van der Waals surface area contributed by atoms with Crippen molar-refractivity contribution >= 4 is 5.91 Å². The highest BCUT2D eigenvalue weighted by Gasteiger charge is 2.15. The minimum Gasteiger partial charge on any atom is -0.454 e. The summed E-state index contributed by atoms with van der Waals surface area (Å²) in [7, 11) is 0. The molecule has 0 spiro atoms. The predicted molar refractivity (Wildman–Crippen MR) is 58.2 cm³/mol. The zero-order valence-electron chi connectivity index (χ0n) is 9.03. The van der Waals surface area contributed by atoms with Gasteiger partial charge in [0.25, 0.3) is 0 Å². The van der Waals surface area contributed by atoms with E-state index in [4.69, 9.17) is 15.2 Å². The zero-order chi connectivity index (χ0) is 11.5. The first-order valence-corrected chi connectivity index (χ1v) is 5.08. The molecular formula is C11H14N2O3. The van der Waals surface area contributed by atoms with Crippen LogP contribution >= 0.6 is 0 Å². The maximum atomic E-state index is 10.6. The second-order valence-electron chi connectivity index (χ2n) is 3.68. The van der Waals surface area contributed by atoms with Crippen molar-refractivity contribution in [3.05, 3.63) is 23.8 Å². The molecule has 0 saturated heterocycles. The first-order valence-electron chi connectivity index (χ1n) is 5.08. The van der Waals surface area contributed by atoms with Gasteiger partial charge < -0.3 is 20.5 Å². The molecule has 0 radical (unpaired) electrons. The Labute approximate surface area is 93.5 Å². The summed E-state index contributed by atoms with van der Waals surface area (Å²) in [6.45, 7) is 2.39. The molecule has 1 aliphatic heterocycles. The van der Waals surface area contributed by atoms with Gasteiger partial charge in [-0.3, -0.25) is 4.79 Å². The van der Waals surface area contributed by atoms with Gasteiger partial charge in [0.2, 0.25) is 12.7 Å². The normalized spacial score (nSPS) is 14.8. The summed E-state index contributed by atoms with van der Waals surface area (Å²) in [6.07, 6.45) is 0. The van der Waals surface area contributed by atoms with E-state index in [2.05, 4.69) is 5.32 Å². The van der Waals surface area contributed by atoms with Crippen LogP contribution in [-0.4, -0.2) is 19.2 Å². The quantitative estimate of drug-likeness (QED) is 0.780. The van der Waals surface area contributed by atoms with Gasteiger partial charge in [-0.2, -0.15) is 0 Å². The van der Waals surface area contributed by atoms with E-state index in [1.165, 1.54) is 0 Å². The molecule has 0 saturated carbocycles. The van der Waals surface area contributed by atoms with Crippen LogP contribution in [0.5, 0.6) is 11.5 Å². The summed E-state index contributed by atoms with van der Waals surface area (Å²) < 4.78 is 10.5. The Kier molecular flexibility index (Phi) is 2.96. The molecule has 3 N–H and O–H groups in total. The van der Waals surface area contributed by atoms with Gasteiger partial charge in [-0.05, 0) is 24.6 Å². The van der Waals surface area contributed by atoms with Gasteiger partial charge in [0.05, 0.1) is 6.54 Å². The van der Waals surface area contributed by atoms with Crippen LogP contribution in [0.25, 0.3) is 0 Å². The summed E-state index contributed by atoms with van der Waals surface area (Å²) >= 11 is 0. The Bertz CT molecular complexity index is 406. The number of rotatable bonds is 4. The molecule has 1 heterocycles. The van der Waals surface area contributed by atoms with Crippen LogP contribution in [-0.2, 0) is 4.79 Å². The molecule has 86 valence electrons. The molecule has 1 aromatic rings. The Balaban J connectivity index is 2.06. The molecule has 5 heteroatoms. The third-order valence-electron chi connectivity index (χ3n) is 2.48. The van der Waals surface area contributed by atoms with Crippen molar-refractivity contribution in [2.24, 2.45) is 5.73 Å². The van der Waals surface area contributed by atoms with E-state index in [1.54, 1.807) is 0 Å². The number of hydrogen-bond acceptors (Lipinski definition) is 4. The molecule has 1 amide bonds. The van der Waals surface area contributed by atoms with E-state index in [0.717, 1.165) is 17.1 Å². The van der Waals surface area contributed by atoms with Crippen LogP contribution in [0.2, 0.25) is 0 Å². The van der Waals surface area contributed by atoms with Crippen molar-refractivity contribution in [3.8, 4) is 11.5 Å². The van der Waals surface area contributed by atoms with E-state index >= 15 is 0 Å². The van der Waals surface area contributed by atoms with Gasteiger partial charge >= 0.3 is 0 Å². The zero-order valence-corrected chi connectivity index (χ0v) is 9.03. The van der Waals surface area contributed by atoms with Crippen molar-refractivity contribution < 1.29 is 14.3 Å². The summed E-state index contributed by atoms with van der Waals surface area (Å²) in [5.41, 5.74) is 6.10. The van der Waals surface area contributed by atoms with Crippen molar-refractivity contribution in [2.45, 2.75) is 13.0 Å². The van der Waals surface area contributed by atoms with Gasteiger partial charge in [0.1, 0.15) is 0 Å². The minimum absolute atomic E-state index is 0.0435. The molecule has 5 nitrogen and oxygen atoms in total. The lowest BCUT2D eigenvalue weighted by Gasteiger charge is -2.13. The number of benzene rings is 1. The highest BCUT2D eigenvalue weighted by atomic mass is 16.7. The molecule has 2 rings (SSSR count). The number of hydrogen-bond donors (Lipinski definition) is 2. The molecule has 1 atom stereocenters. The minimum atomic E-state index is -0.368. The molecule has 1 aliphatic rings. The number of ether oxygens (including phenoxy) is 2. The monoisotopic (exact) mass is 222 g/mol. The van der Waals surface area contributed by atoms with Crippen LogP contribution in [0.15, 0.2) is 18.2 Å². The average molecular weight is 222 g/mol. The summed E-state index contributed by atoms with van der Waals surface area (Å²) in [5, 5.41) is 3.02. The Morgan fingerprint density at radius 1 is 1.50 bits per heavy atom. The second kappa shape index (κ2) is 4.40. The highest BCUT2D eigenvalue weighted by Crippen LogP contribution is 2.33. The van der Waals surface area contributed by atoms with Crippen molar-refractivity contribution in [2.75, 3.05) is 13.3 Å². The lowest BCUT2D eigenvalue weighted by molar-refractivity contribution is -0.117. The van der Waals surface area contributed by atoms with E-state index in [0.29, 0.717) is 0 Å². The van der Waals surface area contributed by atoms with Crippen molar-refractivity contribution in [1.82, 2.24) is 5.32 Å². The number of carbonyl (C=O) groups excluding carboxylic acids is 1. The molecule has 0 aliphatic carbocycles. The van der Waals surface area contributed by atoms with Gasteiger partial charge in [-0.1, -0.05) is 6.07 Å². The fourth-order valence-electron chi connectivity index (χ4n) is 1.55. The van der Waals surface area contributed by atoms with Gasteiger partial charge in [0, 0.05) is 6.04 Å². The van der Waals surface area contributed by atoms with E-state index in [1.807, 2.05) is 25.1 Å². The standard InChI is InChI=1S/C11H14N2O3/c1-7(13-5-11(12)14)8-2-3-9-10(4-8)16-6-15-9/h2-4,7,13H,5-6H2,1H3,(H2,12,14). The molecular weight excluding hydrogens is 208 g/mol. The van der Waals surface area contributed by atoms with Crippen LogP contribution < -0.4 is 20.5 Å². The molecule has 1 aromatic carbocycles. The van der Waals surface area contributed by atoms with Crippen LogP contribution in [0.3, 0.4) is 0 Å². The fraction of sp³-hybridized carbons (Fsp3) is 0.364. The number of nitrogens with two attached hydrogens (primary N) is 1. The Morgan fingerprint density at radius 3 is 3.00 bits per heavy atom. The maximum Gasteiger partial charge on any atom is 0.231 e. The number of carbonyl (C=O) groups is 1. The van der Waals surface area contributed by atoms with Crippen molar-refractivity contribution in [1.29, 1.82) is 0 Å². The predicted octanol–water partition coefficient (Wildman–Crippen LogP) is 0.551. The van der Waals surface area contributed by atoms with Crippen LogP contribution in [0.1, 0.15) is 18.5 Å². The topological polar surface area (TPSA) is 73.6 Å². The molecule has 16 heavy (non-hydrogen) atoms. The number of primary amides is 1. The third-order valence-corrected chi connectivity index (χ3v) is 2.48. The first kappa shape index (κ1) is 10.8. The highest BCUT2D eigenvalue weighted by molar-refractivity contribution is 5.75. The molecule has 0 fully saturated rings. The van der Waals surface area contributed by atoms with E-state index in [-0.39, 0.29) is 25.3 Å². The smallest absolute Gasteiger partial charge is 0.231 e. The molecule has 0 bridgehead atoms. The van der Waals surface area contributed by atoms with E-state index < -0.39 is 0 Å². The number of amides is 1. The van der Waals surface area contributed by atoms with Gasteiger partial charge in [-0.15, -0.1) is 0 Å². The SMILES string of the molecule is CC(NCC(N)=O)c1ccc2c(c1)OCO2. The van der Waals surface area contributed by atoms with Gasteiger partial charge in [-0.25, -0.2) is 0 Å². The lowest BCUT2D eigenvalue weighted by atomic mass is 10.1. The average Bonchev–Trinajstić information content (AvgIpc) is 2.72. The van der Waals surface area contributed by atoms with Crippen LogP contribution in [0.4, 0.5) is 0 Å². The second-order valence-corrected chi connectivity index (χ2v) is 3.68. The maximum absolute atomic E-state index is 10.6. The summed E-state index contributed by atoms with van der Waals surface area (Å²) in [6, 6.07) is 5.75. The van der Waals surface area contributed by atoms with Gasteiger partial charge in [0.15, 0.2) is 11.5 Å². The lowest BCUT2D eigenvalue weighted by Crippen LogP contribution is -2.30. The summed E-state index contributed by atoms with van der Waals surface area (Å²) in [4.78, 5) is 10.6. The first-order chi connectivity index (χ1) is 7.66.